The van der Waals surface area contributed by atoms with Gasteiger partial charge >= 0.3 is 0 Å². The number of rotatable bonds is 2. The minimum Gasteiger partial charge on any atom is -0.381 e. The van der Waals surface area contributed by atoms with E-state index >= 15 is 0 Å². The lowest BCUT2D eigenvalue weighted by atomic mass is 10.1. The fourth-order valence-electron chi connectivity index (χ4n) is 2.21. The molecule has 1 aliphatic rings. The summed E-state index contributed by atoms with van der Waals surface area (Å²) >= 11 is 0. The molecule has 0 spiro atoms. The zero-order valence-corrected chi connectivity index (χ0v) is 10.1. The van der Waals surface area contributed by atoms with Crippen LogP contribution in [0.5, 0.6) is 0 Å². The Labute approximate surface area is 108 Å². The van der Waals surface area contributed by atoms with Crippen molar-refractivity contribution in [2.45, 2.75) is 12.3 Å². The van der Waals surface area contributed by atoms with E-state index in [1.54, 1.807) is 6.33 Å². The Balaban J connectivity index is 1.70. The Hall–Kier alpha value is -2.28. The molecule has 3 aromatic rings. The van der Waals surface area contributed by atoms with Crippen LogP contribution < -0.4 is 0 Å². The molecule has 19 heavy (non-hydrogen) atoms. The molecule has 0 bridgehead atoms. The number of aromatic nitrogens is 5. The summed E-state index contributed by atoms with van der Waals surface area (Å²) in [7, 11) is 0. The fraction of sp³-hybridized carbons (Fsp3) is 0.333. The molecule has 0 N–H and O–H groups in total. The van der Waals surface area contributed by atoms with Crippen LogP contribution in [0.25, 0.3) is 17.1 Å². The van der Waals surface area contributed by atoms with Crippen molar-refractivity contribution >= 4 is 5.65 Å². The maximum atomic E-state index is 5.33. The van der Waals surface area contributed by atoms with E-state index in [0.29, 0.717) is 12.5 Å². The van der Waals surface area contributed by atoms with E-state index in [1.807, 2.05) is 22.7 Å². The average molecular weight is 257 g/mol. The molecule has 0 radical (unpaired) electrons. The number of fused-ring (bicyclic) bond motifs is 1. The third-order valence-electron chi connectivity index (χ3n) is 3.27. The van der Waals surface area contributed by atoms with Gasteiger partial charge < -0.3 is 9.26 Å². The van der Waals surface area contributed by atoms with Gasteiger partial charge in [-0.3, -0.25) is 4.40 Å². The highest BCUT2D eigenvalue weighted by molar-refractivity contribution is 5.55. The SMILES string of the molecule is c1cc2nncn2cc1-c1nc([C@@H]2CCOC2)no1. The molecule has 96 valence electrons. The second kappa shape index (κ2) is 4.13. The van der Waals surface area contributed by atoms with Crippen molar-refractivity contribution in [2.24, 2.45) is 0 Å². The van der Waals surface area contributed by atoms with Crippen molar-refractivity contribution in [3.05, 3.63) is 30.5 Å². The molecule has 0 amide bonds. The Bertz CT molecular complexity index is 714. The number of ether oxygens (including phenoxy) is 1. The maximum absolute atomic E-state index is 5.33. The molecule has 0 saturated carbocycles. The molecule has 1 fully saturated rings. The van der Waals surface area contributed by atoms with Crippen molar-refractivity contribution in [3.63, 3.8) is 0 Å². The Morgan fingerprint density at radius 2 is 2.32 bits per heavy atom. The lowest BCUT2D eigenvalue weighted by Crippen LogP contribution is -1.99. The zero-order valence-electron chi connectivity index (χ0n) is 10.1. The highest BCUT2D eigenvalue weighted by Gasteiger charge is 2.23. The molecular weight excluding hydrogens is 246 g/mol. The number of nitrogens with zero attached hydrogens (tertiary/aromatic N) is 5. The van der Waals surface area contributed by atoms with Gasteiger partial charge in [-0.15, -0.1) is 10.2 Å². The van der Waals surface area contributed by atoms with E-state index in [-0.39, 0.29) is 5.92 Å². The van der Waals surface area contributed by atoms with Gasteiger partial charge in [0.2, 0.25) is 0 Å². The summed E-state index contributed by atoms with van der Waals surface area (Å²) in [4.78, 5) is 4.44. The molecule has 4 rings (SSSR count). The average Bonchev–Trinajstić information content (AvgIpc) is 3.18. The van der Waals surface area contributed by atoms with Gasteiger partial charge in [-0.25, -0.2) is 0 Å². The van der Waals surface area contributed by atoms with E-state index in [0.717, 1.165) is 30.1 Å². The van der Waals surface area contributed by atoms with Crippen molar-refractivity contribution in [2.75, 3.05) is 13.2 Å². The zero-order chi connectivity index (χ0) is 12.7. The van der Waals surface area contributed by atoms with Crippen LogP contribution in [-0.2, 0) is 4.74 Å². The summed E-state index contributed by atoms with van der Waals surface area (Å²) < 4.78 is 12.5. The molecule has 7 heteroatoms. The van der Waals surface area contributed by atoms with Crippen molar-refractivity contribution in [3.8, 4) is 11.5 Å². The first kappa shape index (κ1) is 10.6. The second-order valence-electron chi connectivity index (χ2n) is 4.53. The standard InChI is InChI=1S/C12H11N5O2/c1-2-10-15-13-7-17(10)5-8(1)12-14-11(16-19-12)9-3-4-18-6-9/h1-2,5,7,9H,3-4,6H2/t9-/m1/s1. The van der Waals surface area contributed by atoms with Crippen molar-refractivity contribution in [1.82, 2.24) is 24.7 Å². The molecule has 1 atom stereocenters. The predicted octanol–water partition coefficient (Wildman–Crippen LogP) is 1.28. The maximum Gasteiger partial charge on any atom is 0.259 e. The third kappa shape index (κ3) is 1.78. The third-order valence-corrected chi connectivity index (χ3v) is 3.27. The summed E-state index contributed by atoms with van der Waals surface area (Å²) in [5, 5.41) is 11.8. The van der Waals surface area contributed by atoms with Gasteiger partial charge in [-0.05, 0) is 18.6 Å². The first-order valence-corrected chi connectivity index (χ1v) is 6.11. The van der Waals surface area contributed by atoms with Crippen LogP contribution in [0.4, 0.5) is 0 Å². The second-order valence-corrected chi connectivity index (χ2v) is 4.53. The van der Waals surface area contributed by atoms with E-state index in [9.17, 15) is 0 Å². The van der Waals surface area contributed by atoms with Crippen LogP contribution in [0, 0.1) is 0 Å². The monoisotopic (exact) mass is 257 g/mol. The van der Waals surface area contributed by atoms with Crippen LogP contribution in [0.3, 0.4) is 0 Å². The number of pyridine rings is 1. The summed E-state index contributed by atoms with van der Waals surface area (Å²) in [5.74, 6) is 1.48. The van der Waals surface area contributed by atoms with Crippen LogP contribution in [-0.4, -0.2) is 38.0 Å². The largest absolute Gasteiger partial charge is 0.381 e. The molecule has 4 heterocycles. The molecule has 0 unspecified atom stereocenters. The van der Waals surface area contributed by atoms with Gasteiger partial charge in [0, 0.05) is 18.7 Å². The molecule has 0 aliphatic carbocycles. The number of hydrogen-bond donors (Lipinski definition) is 0. The molecule has 0 aromatic carbocycles. The molecule has 7 nitrogen and oxygen atoms in total. The van der Waals surface area contributed by atoms with Crippen molar-refractivity contribution in [1.29, 1.82) is 0 Å². The van der Waals surface area contributed by atoms with Gasteiger partial charge in [-0.1, -0.05) is 5.16 Å². The lowest BCUT2D eigenvalue weighted by molar-refractivity contribution is 0.192. The lowest BCUT2D eigenvalue weighted by Gasteiger charge is -1.98. The first-order valence-electron chi connectivity index (χ1n) is 6.11. The minimum atomic E-state index is 0.246. The highest BCUT2D eigenvalue weighted by atomic mass is 16.5. The van der Waals surface area contributed by atoms with Gasteiger partial charge in [-0.2, -0.15) is 4.98 Å². The van der Waals surface area contributed by atoms with Crippen LogP contribution in [0.1, 0.15) is 18.2 Å². The fourth-order valence-corrected chi connectivity index (χ4v) is 2.21. The number of hydrogen-bond acceptors (Lipinski definition) is 6. The minimum absolute atomic E-state index is 0.246. The predicted molar refractivity (Wildman–Crippen MR) is 64.5 cm³/mol. The molecular formula is C12H11N5O2. The highest BCUT2D eigenvalue weighted by Crippen LogP contribution is 2.25. The molecule has 1 saturated heterocycles. The normalized spacial score (nSPS) is 19.3. The molecule has 3 aromatic heterocycles. The Morgan fingerprint density at radius 1 is 1.32 bits per heavy atom. The van der Waals surface area contributed by atoms with E-state index in [4.69, 9.17) is 9.26 Å². The van der Waals surface area contributed by atoms with Crippen LogP contribution >= 0.6 is 0 Å². The molecule has 1 aliphatic heterocycles. The van der Waals surface area contributed by atoms with Crippen LogP contribution in [0.15, 0.2) is 29.2 Å². The quantitative estimate of drug-likeness (QED) is 0.688. The summed E-state index contributed by atoms with van der Waals surface area (Å²) in [6.07, 6.45) is 4.46. The van der Waals surface area contributed by atoms with Crippen molar-refractivity contribution < 1.29 is 9.26 Å². The van der Waals surface area contributed by atoms with Gasteiger partial charge in [0.15, 0.2) is 11.5 Å². The topological polar surface area (TPSA) is 78.3 Å². The van der Waals surface area contributed by atoms with E-state index in [2.05, 4.69) is 20.3 Å². The summed E-state index contributed by atoms with van der Waals surface area (Å²) in [6.45, 7) is 1.44. The van der Waals surface area contributed by atoms with Gasteiger partial charge in [0.1, 0.15) is 6.33 Å². The van der Waals surface area contributed by atoms with Crippen LogP contribution in [0.2, 0.25) is 0 Å². The van der Waals surface area contributed by atoms with Gasteiger partial charge in [0.05, 0.1) is 12.2 Å². The van der Waals surface area contributed by atoms with E-state index < -0.39 is 0 Å². The Morgan fingerprint density at radius 3 is 3.21 bits per heavy atom. The summed E-state index contributed by atoms with van der Waals surface area (Å²) in [5.41, 5.74) is 1.64. The summed E-state index contributed by atoms with van der Waals surface area (Å²) in [6, 6.07) is 3.76. The van der Waals surface area contributed by atoms with Gasteiger partial charge in [0.25, 0.3) is 5.89 Å². The first-order chi connectivity index (χ1) is 9.40. The Kier molecular flexibility index (Phi) is 2.31. The smallest absolute Gasteiger partial charge is 0.259 e. The van der Waals surface area contributed by atoms with E-state index in [1.165, 1.54) is 0 Å².